The van der Waals surface area contributed by atoms with Gasteiger partial charge in [-0.3, -0.25) is 4.98 Å². The van der Waals surface area contributed by atoms with Gasteiger partial charge in [0.25, 0.3) is 0 Å². The number of hydrogen-bond donors (Lipinski definition) is 0. The van der Waals surface area contributed by atoms with E-state index >= 15 is 4.39 Å². The number of halogens is 2. The summed E-state index contributed by atoms with van der Waals surface area (Å²) in [6.07, 6.45) is 3.95. The maximum atomic E-state index is 17.1. The van der Waals surface area contributed by atoms with Gasteiger partial charge in [0.2, 0.25) is 0 Å². The van der Waals surface area contributed by atoms with Crippen molar-refractivity contribution < 1.29 is 13.9 Å². The number of alkyl halides is 1. The summed E-state index contributed by atoms with van der Waals surface area (Å²) in [5.41, 5.74) is 1.40. The summed E-state index contributed by atoms with van der Waals surface area (Å²) >= 11 is 6.21. The fourth-order valence-corrected chi connectivity index (χ4v) is 4.77. The number of fused-ring (bicyclic) bond motifs is 2. The summed E-state index contributed by atoms with van der Waals surface area (Å²) in [4.78, 5) is 18.2. The van der Waals surface area contributed by atoms with Crippen LogP contribution in [0, 0.1) is 5.92 Å². The van der Waals surface area contributed by atoms with Crippen molar-refractivity contribution in [3.05, 3.63) is 63.9 Å². The fraction of sp³-hybridized carbons (Fsp3) is 0.455. The van der Waals surface area contributed by atoms with Gasteiger partial charge in [0.15, 0.2) is 5.67 Å². The van der Waals surface area contributed by atoms with Crippen LogP contribution in [0.2, 0.25) is 5.02 Å². The minimum atomic E-state index is -1.69. The molecule has 4 rings (SSSR count). The van der Waals surface area contributed by atoms with E-state index in [2.05, 4.69) is 4.98 Å². The summed E-state index contributed by atoms with van der Waals surface area (Å²) in [5, 5.41) is 0.622. The Morgan fingerprint density at radius 3 is 2.79 bits per heavy atom. The number of ether oxygens (including phenoxy) is 1. The van der Waals surface area contributed by atoms with Crippen LogP contribution in [0.25, 0.3) is 0 Å². The highest BCUT2D eigenvalue weighted by Crippen LogP contribution is 2.49. The summed E-state index contributed by atoms with van der Waals surface area (Å²) < 4.78 is 22.2. The molecule has 28 heavy (non-hydrogen) atoms. The first-order valence-electron chi connectivity index (χ1n) is 9.88. The van der Waals surface area contributed by atoms with Crippen LogP contribution in [0.5, 0.6) is 0 Å². The summed E-state index contributed by atoms with van der Waals surface area (Å²) in [6.45, 7) is 3.11. The zero-order chi connectivity index (χ0) is 19.7. The number of rotatable bonds is 2. The Hall–Kier alpha value is -2.14. The van der Waals surface area contributed by atoms with Gasteiger partial charge in [-0.25, -0.2) is 9.18 Å². The molecule has 1 aromatic carbocycles. The Morgan fingerprint density at radius 2 is 2.04 bits per heavy atom. The van der Waals surface area contributed by atoms with Gasteiger partial charge in [-0.15, -0.1) is 0 Å². The molecule has 1 aliphatic carbocycles. The normalized spacial score (nSPS) is 22.2. The lowest BCUT2D eigenvalue weighted by atomic mass is 9.74. The standard InChI is InChI=1S/C22H24ClFN2O2/c1-2-28-21(27)26-12-9-17(10-13-26)22(24)19-8-7-18(23)14-16(19)6-5-15-4-3-11-25-20(15)22/h3-4,7-8,11,14,17H,2,5-6,9-10,12-13H2,1H3/t22-/m1/s1. The van der Waals surface area contributed by atoms with Crippen molar-refractivity contribution in [1.29, 1.82) is 0 Å². The Kier molecular flexibility index (Phi) is 5.28. The SMILES string of the molecule is CCOC(=O)N1CCC([C@@]2(F)c3ccc(Cl)cc3CCc3cccnc32)CC1. The van der Waals surface area contributed by atoms with Crippen LogP contribution in [0.1, 0.15) is 42.1 Å². The van der Waals surface area contributed by atoms with Gasteiger partial charge >= 0.3 is 6.09 Å². The van der Waals surface area contributed by atoms with E-state index < -0.39 is 5.67 Å². The van der Waals surface area contributed by atoms with E-state index in [1.165, 1.54) is 0 Å². The second kappa shape index (κ2) is 7.70. The zero-order valence-corrected chi connectivity index (χ0v) is 16.7. The van der Waals surface area contributed by atoms with Crippen molar-refractivity contribution in [3.63, 3.8) is 0 Å². The van der Waals surface area contributed by atoms with Crippen LogP contribution < -0.4 is 0 Å². The highest BCUT2D eigenvalue weighted by molar-refractivity contribution is 6.30. The molecule has 4 nitrogen and oxygen atoms in total. The molecule has 0 spiro atoms. The minimum Gasteiger partial charge on any atom is -0.450 e. The van der Waals surface area contributed by atoms with Crippen LogP contribution in [0.15, 0.2) is 36.5 Å². The van der Waals surface area contributed by atoms with Gasteiger partial charge in [-0.2, -0.15) is 0 Å². The van der Waals surface area contributed by atoms with Crippen molar-refractivity contribution in [2.75, 3.05) is 19.7 Å². The molecule has 1 amide bonds. The molecular formula is C22H24ClFN2O2. The monoisotopic (exact) mass is 402 g/mol. The summed E-state index contributed by atoms with van der Waals surface area (Å²) in [5.74, 6) is -0.259. The third-order valence-corrected chi connectivity index (χ3v) is 6.18. The molecule has 1 atom stereocenters. The molecule has 0 saturated carbocycles. The summed E-state index contributed by atoms with van der Waals surface area (Å²) in [6, 6.07) is 9.30. The molecule has 148 valence electrons. The van der Waals surface area contributed by atoms with Crippen molar-refractivity contribution in [2.24, 2.45) is 5.92 Å². The first-order valence-corrected chi connectivity index (χ1v) is 10.3. The Balaban J connectivity index is 1.72. The number of carbonyl (C=O) groups is 1. The molecule has 6 heteroatoms. The van der Waals surface area contributed by atoms with Gasteiger partial charge in [-0.05, 0) is 67.5 Å². The maximum Gasteiger partial charge on any atom is 0.409 e. The van der Waals surface area contributed by atoms with Gasteiger partial charge in [0.1, 0.15) is 0 Å². The van der Waals surface area contributed by atoms with Crippen LogP contribution in [0.3, 0.4) is 0 Å². The average molecular weight is 403 g/mol. The Morgan fingerprint density at radius 1 is 1.29 bits per heavy atom. The van der Waals surface area contributed by atoms with E-state index in [9.17, 15) is 4.79 Å². The van der Waals surface area contributed by atoms with E-state index in [-0.39, 0.29) is 12.0 Å². The summed E-state index contributed by atoms with van der Waals surface area (Å²) in [7, 11) is 0. The topological polar surface area (TPSA) is 42.4 Å². The molecule has 2 aromatic rings. The predicted molar refractivity (Wildman–Crippen MR) is 106 cm³/mol. The molecular weight excluding hydrogens is 379 g/mol. The lowest BCUT2D eigenvalue weighted by Gasteiger charge is -2.40. The molecule has 0 radical (unpaired) electrons. The maximum absolute atomic E-state index is 17.1. The molecule has 1 aliphatic heterocycles. The van der Waals surface area contributed by atoms with Crippen LogP contribution in [-0.4, -0.2) is 35.7 Å². The number of aryl methyl sites for hydroxylation is 2. The van der Waals surface area contributed by atoms with Crippen molar-refractivity contribution in [2.45, 2.75) is 38.3 Å². The highest BCUT2D eigenvalue weighted by Gasteiger charge is 2.48. The lowest BCUT2D eigenvalue weighted by molar-refractivity contribution is 0.0476. The number of piperidine rings is 1. The molecule has 1 fully saturated rings. The van der Waals surface area contributed by atoms with Gasteiger partial charge in [0.05, 0.1) is 12.3 Å². The quantitative estimate of drug-likeness (QED) is 0.716. The highest BCUT2D eigenvalue weighted by atomic mass is 35.5. The molecule has 0 N–H and O–H groups in total. The van der Waals surface area contributed by atoms with Crippen molar-refractivity contribution in [1.82, 2.24) is 9.88 Å². The van der Waals surface area contributed by atoms with Crippen LogP contribution in [-0.2, 0) is 23.2 Å². The molecule has 1 saturated heterocycles. The smallest absolute Gasteiger partial charge is 0.409 e. The molecule has 2 heterocycles. The zero-order valence-electron chi connectivity index (χ0n) is 16.0. The average Bonchev–Trinajstić information content (AvgIpc) is 2.84. The van der Waals surface area contributed by atoms with E-state index in [1.54, 1.807) is 24.1 Å². The third kappa shape index (κ3) is 3.26. The van der Waals surface area contributed by atoms with E-state index in [1.807, 2.05) is 24.3 Å². The number of likely N-dealkylation sites (tertiary alicyclic amines) is 1. The second-order valence-electron chi connectivity index (χ2n) is 7.48. The molecule has 1 aromatic heterocycles. The number of amides is 1. The molecule has 2 aliphatic rings. The van der Waals surface area contributed by atoms with Gasteiger partial charge < -0.3 is 9.64 Å². The second-order valence-corrected chi connectivity index (χ2v) is 7.92. The van der Waals surface area contributed by atoms with Crippen molar-refractivity contribution >= 4 is 17.7 Å². The fourth-order valence-electron chi connectivity index (χ4n) is 4.58. The number of hydrogen-bond acceptors (Lipinski definition) is 3. The largest absolute Gasteiger partial charge is 0.450 e. The lowest BCUT2D eigenvalue weighted by Crippen LogP contribution is -2.45. The minimum absolute atomic E-state index is 0.259. The third-order valence-electron chi connectivity index (χ3n) is 5.94. The Labute approximate surface area is 169 Å². The number of pyridine rings is 1. The van der Waals surface area contributed by atoms with Gasteiger partial charge in [0, 0.05) is 30.2 Å². The van der Waals surface area contributed by atoms with Crippen molar-refractivity contribution in [3.8, 4) is 0 Å². The first kappa shape index (κ1) is 19.2. The van der Waals surface area contributed by atoms with E-state index in [0.29, 0.717) is 48.8 Å². The molecule has 0 unspecified atom stereocenters. The predicted octanol–water partition coefficient (Wildman–Crippen LogP) is 4.92. The van der Waals surface area contributed by atoms with Crippen LogP contribution in [0.4, 0.5) is 9.18 Å². The first-order chi connectivity index (χ1) is 13.5. The number of benzene rings is 1. The molecule has 0 bridgehead atoms. The number of aromatic nitrogens is 1. The van der Waals surface area contributed by atoms with Gasteiger partial charge in [-0.1, -0.05) is 23.7 Å². The van der Waals surface area contributed by atoms with E-state index in [4.69, 9.17) is 16.3 Å². The number of carbonyl (C=O) groups excluding carboxylic acids is 1. The Bertz CT molecular complexity index is 883. The van der Waals surface area contributed by atoms with E-state index in [0.717, 1.165) is 24.0 Å². The van der Waals surface area contributed by atoms with Crippen LogP contribution >= 0.6 is 11.6 Å². The number of nitrogens with zero attached hydrogens (tertiary/aromatic N) is 2.